The fourth-order valence-corrected chi connectivity index (χ4v) is 10.3. The van der Waals surface area contributed by atoms with Crippen molar-refractivity contribution >= 4 is 62.1 Å². The van der Waals surface area contributed by atoms with E-state index in [0.29, 0.717) is 11.2 Å². The maximum atomic E-state index is 13.3. The molecule has 23 nitrogen and oxygen atoms in total. The van der Waals surface area contributed by atoms with E-state index < -0.39 is 118 Å². The third kappa shape index (κ3) is 8.38. The number of phosphoric ester groups is 1. The third-order valence-electron chi connectivity index (χ3n) is 9.19. The van der Waals surface area contributed by atoms with Crippen molar-refractivity contribution in [3.8, 4) is 0 Å². The van der Waals surface area contributed by atoms with Crippen LogP contribution in [-0.2, 0) is 74.8 Å². The van der Waals surface area contributed by atoms with Crippen molar-refractivity contribution in [3.05, 3.63) is 36.8 Å². The van der Waals surface area contributed by atoms with Crippen molar-refractivity contribution in [1.29, 1.82) is 0 Å². The summed E-state index contributed by atoms with van der Waals surface area (Å²) in [7, 11) is -4.32. The molecular formula is C30H40N4O19P2S. The third-order valence-corrected chi connectivity index (χ3v) is 12.8. The molecule has 56 heavy (non-hydrogen) atoms. The number of esters is 4. The summed E-state index contributed by atoms with van der Waals surface area (Å²) in [5, 5.41) is 26.9. The second-order valence-corrected chi connectivity index (χ2v) is 17.2. The molecule has 0 spiro atoms. The van der Waals surface area contributed by atoms with E-state index in [1.807, 2.05) is 0 Å². The Bertz CT molecular complexity index is 1970. The number of nitrogen functional groups attached to an aromatic ring is 1. The van der Waals surface area contributed by atoms with Gasteiger partial charge in [0.15, 0.2) is 12.1 Å². The molecule has 26 heteroatoms. The molecule has 1 saturated carbocycles. The van der Waals surface area contributed by atoms with Gasteiger partial charge in [0.25, 0.3) is 0 Å². The highest BCUT2D eigenvalue weighted by atomic mass is 32.7. The van der Waals surface area contributed by atoms with Crippen LogP contribution in [0.1, 0.15) is 39.5 Å². The van der Waals surface area contributed by atoms with E-state index in [4.69, 9.17) is 52.2 Å². The Morgan fingerprint density at radius 3 is 2.41 bits per heavy atom. The Balaban J connectivity index is 1.34. The molecule has 2 aromatic rings. The zero-order valence-corrected chi connectivity index (χ0v) is 32.9. The van der Waals surface area contributed by atoms with Gasteiger partial charge in [-0.25, -0.2) is 18.6 Å². The number of fused-ring (bicyclic) bond motifs is 2. The van der Waals surface area contributed by atoms with Gasteiger partial charge in [-0.2, -0.15) is 9.41 Å². The highest BCUT2D eigenvalue weighted by Gasteiger charge is 2.78. The van der Waals surface area contributed by atoms with Crippen LogP contribution in [0, 0.1) is 11.8 Å². The van der Waals surface area contributed by atoms with Gasteiger partial charge < -0.3 is 54.0 Å². The number of hydrogen-bond donors (Lipinski definition) is 5. The number of nitrogens with zero attached hydrogens (tertiary/aromatic N) is 3. The lowest BCUT2D eigenvalue weighted by molar-refractivity contribution is -0.426. The number of hydrogen-bond acceptors (Lipinski definition) is 21. The molecule has 1 aliphatic carbocycles. The normalized spacial score (nSPS) is 33.6. The first-order valence-electron chi connectivity index (χ1n) is 16.5. The fraction of sp³-hybridized carbons (Fsp3) is 0.600. The highest BCUT2D eigenvalue weighted by Crippen LogP contribution is 2.69. The molecule has 4 heterocycles. The summed E-state index contributed by atoms with van der Waals surface area (Å²) in [6.07, 6.45) is -8.78. The number of aliphatic hydroxyl groups is 2. The highest BCUT2D eigenvalue weighted by molar-refractivity contribution is 8.45. The van der Waals surface area contributed by atoms with Crippen molar-refractivity contribution < 1.29 is 89.9 Å². The molecule has 0 aromatic carbocycles. The number of carbonyl (C=O) groups excluding carboxylic acids is 4. The summed E-state index contributed by atoms with van der Waals surface area (Å²) in [4.78, 5) is 62.7. The lowest BCUT2D eigenvalue weighted by atomic mass is 9.85. The summed E-state index contributed by atoms with van der Waals surface area (Å²) in [5.74, 6) is -9.27. The summed E-state index contributed by atoms with van der Waals surface area (Å²) < 4.78 is 81.4. The quantitative estimate of drug-likeness (QED) is 0.0505. The van der Waals surface area contributed by atoms with Gasteiger partial charge >= 0.3 is 38.5 Å². The molecular weight excluding hydrogens is 814 g/mol. The van der Waals surface area contributed by atoms with E-state index in [9.17, 15) is 43.4 Å². The molecule has 0 radical (unpaired) electrons. The maximum absolute atomic E-state index is 13.3. The van der Waals surface area contributed by atoms with Gasteiger partial charge in [0, 0.05) is 34.8 Å². The van der Waals surface area contributed by atoms with Gasteiger partial charge in [-0.1, -0.05) is 18.3 Å². The largest absolute Gasteiger partial charge is 0.482 e. The second-order valence-electron chi connectivity index (χ2n) is 12.7. The first kappa shape index (κ1) is 43.6. The average molecular weight is 855 g/mol. The Labute approximate surface area is 322 Å². The molecule has 0 amide bonds. The number of carbonyl (C=O) groups is 4. The SMILES string of the molecule is C=C[C@@]1(OC)[C@H](O)[C@@H](COP(=O)(S)OP(=O)(O)OC2OC3(OC(C)=O)C2C(OC(C)=O)C(O)C3[C@H](COC(C)=O)OC(C)=O)O[C@H]1c1ccc2c(N)ncnn12. The van der Waals surface area contributed by atoms with Gasteiger partial charge in [-0.15, -0.1) is 6.58 Å². The molecule has 2 saturated heterocycles. The van der Waals surface area contributed by atoms with Crippen LogP contribution in [0.3, 0.4) is 0 Å². The standard InChI is InChI=1S/C30H40N4O19P2S/c1-7-29(44-6)25(40)20(49-26(29)17-8-9-18-27(31)32-12-33-34(17)18)11-46-55(43,56)53-54(41,42)52-28-22-24(48-15(4)37)23(39)21(30(22,51-28)50-16(5)38)19(47-14(3)36)10-45-13(2)35/h7-9,12,19-26,28,39-40H,1,10-11H2,2-6H3,(H,41,42)(H,43,56)(H2,31,32,33)/t19-,20+,21?,22?,23?,24?,25+,26-,28?,29+,30?,55?/m0/s1. The summed E-state index contributed by atoms with van der Waals surface area (Å²) in [5.41, 5.74) is 5.07. The number of anilines is 1. The number of thiol groups is 1. The zero-order chi connectivity index (χ0) is 41.5. The first-order valence-corrected chi connectivity index (χ1v) is 20.6. The number of rotatable bonds is 16. The zero-order valence-electron chi connectivity index (χ0n) is 30.3. The number of ether oxygens (including phenoxy) is 7. The Morgan fingerprint density at radius 2 is 1.82 bits per heavy atom. The molecule has 13 atom stereocenters. The maximum Gasteiger partial charge on any atom is 0.482 e. The molecule has 5 rings (SSSR count). The van der Waals surface area contributed by atoms with E-state index >= 15 is 0 Å². The summed E-state index contributed by atoms with van der Waals surface area (Å²) in [6, 6.07) is 3.20. The molecule has 8 unspecified atom stereocenters. The van der Waals surface area contributed by atoms with Crippen LogP contribution < -0.4 is 5.73 Å². The molecule has 3 aliphatic rings. The van der Waals surface area contributed by atoms with Crippen LogP contribution in [0.5, 0.6) is 0 Å². The topological polar surface area (TPSA) is 312 Å². The molecule has 2 aliphatic heterocycles. The van der Waals surface area contributed by atoms with Crippen molar-refractivity contribution in [3.63, 3.8) is 0 Å². The van der Waals surface area contributed by atoms with Crippen molar-refractivity contribution in [2.45, 2.75) is 82.0 Å². The van der Waals surface area contributed by atoms with Crippen LogP contribution in [0.4, 0.5) is 5.82 Å². The van der Waals surface area contributed by atoms with E-state index in [-0.39, 0.29) is 5.82 Å². The van der Waals surface area contributed by atoms with Crippen LogP contribution in [0.2, 0.25) is 0 Å². The van der Waals surface area contributed by atoms with Gasteiger partial charge in [-0.05, 0) is 12.1 Å². The van der Waals surface area contributed by atoms with Crippen LogP contribution in [0.25, 0.3) is 5.52 Å². The van der Waals surface area contributed by atoms with E-state index in [1.54, 1.807) is 12.1 Å². The van der Waals surface area contributed by atoms with Gasteiger partial charge in [0.05, 0.1) is 18.2 Å². The Hall–Kier alpha value is -3.51. The van der Waals surface area contributed by atoms with E-state index in [1.165, 1.54) is 24.0 Å². The first-order chi connectivity index (χ1) is 26.1. The number of methoxy groups -OCH3 is 1. The summed E-state index contributed by atoms with van der Waals surface area (Å²) >= 11 is 3.78. The average Bonchev–Trinajstić information content (AvgIpc) is 3.67. The smallest absolute Gasteiger partial charge is 0.462 e. The van der Waals surface area contributed by atoms with Gasteiger partial charge in [-0.3, -0.25) is 28.2 Å². The van der Waals surface area contributed by atoms with Crippen LogP contribution >= 0.6 is 26.9 Å². The molecule has 2 aromatic heterocycles. The number of nitrogens with two attached hydrogens (primary N) is 1. The fourth-order valence-electron chi connectivity index (χ4n) is 7.11. The van der Waals surface area contributed by atoms with Gasteiger partial charge in [0.1, 0.15) is 66.6 Å². The van der Waals surface area contributed by atoms with Crippen molar-refractivity contribution in [2.24, 2.45) is 11.8 Å². The minimum Gasteiger partial charge on any atom is -0.462 e. The minimum absolute atomic E-state index is 0.149. The molecule has 0 bridgehead atoms. The predicted molar refractivity (Wildman–Crippen MR) is 186 cm³/mol. The van der Waals surface area contributed by atoms with Crippen molar-refractivity contribution in [2.75, 3.05) is 26.1 Å². The van der Waals surface area contributed by atoms with Crippen molar-refractivity contribution in [1.82, 2.24) is 14.6 Å². The number of phosphoric acid groups is 1. The number of aromatic nitrogens is 3. The Morgan fingerprint density at radius 1 is 1.12 bits per heavy atom. The van der Waals surface area contributed by atoms with Gasteiger partial charge in [0.2, 0.25) is 5.79 Å². The minimum atomic E-state index is -5.60. The monoisotopic (exact) mass is 854 g/mol. The van der Waals surface area contributed by atoms with E-state index in [0.717, 1.165) is 27.7 Å². The Kier molecular flexibility index (Phi) is 12.8. The lowest BCUT2D eigenvalue weighted by Crippen LogP contribution is -2.67. The lowest BCUT2D eigenvalue weighted by Gasteiger charge is -2.52. The number of aliphatic hydroxyl groups excluding tert-OH is 2. The predicted octanol–water partition coefficient (Wildman–Crippen LogP) is 0.521. The molecule has 310 valence electrons. The van der Waals surface area contributed by atoms with Crippen LogP contribution in [-0.4, -0.2) is 122 Å². The molecule has 5 N–H and O–H groups in total. The van der Waals surface area contributed by atoms with E-state index in [2.05, 4.69) is 28.9 Å². The second kappa shape index (κ2) is 16.4. The molecule has 3 fully saturated rings. The summed E-state index contributed by atoms with van der Waals surface area (Å²) in [6.45, 7) is 1.30. The van der Waals surface area contributed by atoms with Crippen LogP contribution in [0.15, 0.2) is 31.1 Å².